The Balaban J connectivity index is 2.44. The minimum atomic E-state index is -2.32. The normalized spacial score (nSPS) is 10.7. The summed E-state index contributed by atoms with van der Waals surface area (Å²) >= 11 is 1.97. The Morgan fingerprint density at radius 3 is 2.00 bits per heavy atom. The summed E-state index contributed by atoms with van der Waals surface area (Å²) in [6.07, 6.45) is 0. The average Bonchev–Trinajstić information content (AvgIpc) is 2.47. The van der Waals surface area contributed by atoms with Crippen molar-refractivity contribution < 1.29 is 26.7 Å². The van der Waals surface area contributed by atoms with Crippen LogP contribution in [0.4, 0.5) is 27.8 Å². The monoisotopic (exact) mass is 428 g/mol. The lowest BCUT2D eigenvalue weighted by molar-refractivity contribution is 0.101. The summed E-state index contributed by atoms with van der Waals surface area (Å²) in [6, 6.07) is 2.90. The predicted octanol–water partition coefficient (Wildman–Crippen LogP) is 3.94. The molecule has 0 atom stereocenters. The van der Waals surface area contributed by atoms with Gasteiger partial charge in [-0.15, -0.1) is 0 Å². The highest BCUT2D eigenvalue weighted by atomic mass is 127. The Labute approximate surface area is 134 Å². The zero-order valence-electron chi connectivity index (χ0n) is 10.8. The molecule has 0 radical (unpaired) electrons. The minimum Gasteiger partial charge on any atom is -0.306 e. The van der Waals surface area contributed by atoms with Crippen molar-refractivity contribution in [3.63, 3.8) is 0 Å². The molecule has 116 valence electrons. The van der Waals surface area contributed by atoms with E-state index in [9.17, 15) is 26.7 Å². The van der Waals surface area contributed by atoms with Gasteiger partial charge in [0.05, 0.1) is 5.69 Å². The number of halogens is 6. The summed E-state index contributed by atoms with van der Waals surface area (Å²) < 4.78 is 66.8. The van der Waals surface area contributed by atoms with Gasteiger partial charge in [-0.25, -0.2) is 26.9 Å². The summed E-state index contributed by atoms with van der Waals surface area (Å²) in [5.41, 5.74) is -1.04. The summed E-state index contributed by atoms with van der Waals surface area (Å²) in [5.74, 6) is -12.7. The molecule has 0 unspecified atom stereocenters. The molecule has 0 saturated carbocycles. The third kappa shape index (κ3) is 2.89. The van der Waals surface area contributed by atoms with Crippen LogP contribution in [0.15, 0.2) is 12.1 Å². The molecule has 2 rings (SSSR count). The smallest absolute Gasteiger partial charge is 0.263 e. The number of rotatable bonds is 2. The zero-order valence-corrected chi connectivity index (χ0v) is 12.9. The maximum atomic E-state index is 13.5. The molecule has 0 saturated heterocycles. The molecule has 1 aromatic heterocycles. The van der Waals surface area contributed by atoms with E-state index in [1.807, 2.05) is 27.9 Å². The number of anilines is 1. The summed E-state index contributed by atoms with van der Waals surface area (Å²) in [6.45, 7) is 1.62. The van der Waals surface area contributed by atoms with Gasteiger partial charge < -0.3 is 5.32 Å². The fraction of sp³-hybridized carbons (Fsp3) is 0.0769. The number of hydrogen-bond acceptors (Lipinski definition) is 2. The van der Waals surface area contributed by atoms with Gasteiger partial charge in [-0.3, -0.25) is 4.79 Å². The van der Waals surface area contributed by atoms with Gasteiger partial charge in [0.15, 0.2) is 23.3 Å². The Morgan fingerprint density at radius 2 is 1.50 bits per heavy atom. The van der Waals surface area contributed by atoms with E-state index in [1.165, 1.54) is 6.07 Å². The Hall–Kier alpha value is -1.78. The molecule has 22 heavy (non-hydrogen) atoms. The van der Waals surface area contributed by atoms with E-state index < -0.39 is 40.6 Å². The molecule has 1 heterocycles. The van der Waals surface area contributed by atoms with Crippen molar-refractivity contribution in [3.8, 4) is 0 Å². The van der Waals surface area contributed by atoms with Crippen molar-refractivity contribution in [2.45, 2.75) is 6.92 Å². The fourth-order valence-corrected chi connectivity index (χ4v) is 1.90. The molecule has 9 heteroatoms. The van der Waals surface area contributed by atoms with Crippen molar-refractivity contribution in [3.05, 3.63) is 56.0 Å². The molecule has 0 aliphatic heterocycles. The lowest BCUT2D eigenvalue weighted by Crippen LogP contribution is -2.20. The van der Waals surface area contributed by atoms with E-state index >= 15 is 0 Å². The number of aryl methyl sites for hydroxylation is 1. The quantitative estimate of drug-likeness (QED) is 0.341. The van der Waals surface area contributed by atoms with E-state index in [0.29, 0.717) is 5.69 Å². The van der Waals surface area contributed by atoms with Crippen molar-refractivity contribution in [2.24, 2.45) is 0 Å². The third-order valence-electron chi connectivity index (χ3n) is 2.70. The summed E-state index contributed by atoms with van der Waals surface area (Å²) in [5, 5.41) is 1.99. The minimum absolute atomic E-state index is 0.0770. The molecule has 0 bridgehead atoms. The highest BCUT2D eigenvalue weighted by molar-refractivity contribution is 14.1. The molecular formula is C13H6F5IN2O. The molecule has 3 nitrogen and oxygen atoms in total. The second kappa shape index (κ2) is 6.15. The van der Waals surface area contributed by atoms with Gasteiger partial charge in [-0.05, 0) is 41.6 Å². The van der Waals surface area contributed by atoms with Crippen LogP contribution in [0.3, 0.4) is 0 Å². The van der Waals surface area contributed by atoms with Gasteiger partial charge in [-0.2, -0.15) is 0 Å². The van der Waals surface area contributed by atoms with Crippen LogP contribution in [0.5, 0.6) is 0 Å². The van der Waals surface area contributed by atoms with Gasteiger partial charge in [0, 0.05) is 3.57 Å². The van der Waals surface area contributed by atoms with Gasteiger partial charge in [0.25, 0.3) is 5.91 Å². The van der Waals surface area contributed by atoms with E-state index in [1.54, 1.807) is 13.0 Å². The summed E-state index contributed by atoms with van der Waals surface area (Å²) in [7, 11) is 0. The standard InChI is InChI=1S/C13H6F5IN2O/c1-4-5(19)2-3-6(20-4)21-13(22)7-8(14)10(16)12(18)11(17)9(7)15/h2-3H,1H3,(H,20,21,22). The van der Waals surface area contributed by atoms with Crippen LogP contribution in [0.25, 0.3) is 0 Å². The van der Waals surface area contributed by atoms with E-state index in [0.717, 1.165) is 3.57 Å². The van der Waals surface area contributed by atoms with Gasteiger partial charge >= 0.3 is 0 Å². The lowest BCUT2D eigenvalue weighted by Gasteiger charge is -2.09. The fourth-order valence-electron chi connectivity index (χ4n) is 1.60. The molecule has 0 fully saturated rings. The lowest BCUT2D eigenvalue weighted by atomic mass is 10.1. The van der Waals surface area contributed by atoms with E-state index in [-0.39, 0.29) is 5.82 Å². The Bertz CT molecular complexity index is 753. The van der Waals surface area contributed by atoms with Crippen LogP contribution in [0.2, 0.25) is 0 Å². The first-order valence-corrected chi connectivity index (χ1v) is 6.77. The number of aromatic nitrogens is 1. The first-order valence-electron chi connectivity index (χ1n) is 5.70. The maximum Gasteiger partial charge on any atom is 0.263 e. The van der Waals surface area contributed by atoms with Crippen LogP contribution < -0.4 is 5.32 Å². The van der Waals surface area contributed by atoms with E-state index in [2.05, 4.69) is 4.98 Å². The molecule has 1 aromatic carbocycles. The number of pyridine rings is 1. The van der Waals surface area contributed by atoms with Gasteiger partial charge in [-0.1, -0.05) is 0 Å². The number of nitrogens with one attached hydrogen (secondary N) is 1. The molecule has 2 aromatic rings. The third-order valence-corrected chi connectivity index (χ3v) is 3.84. The molecule has 1 amide bonds. The van der Waals surface area contributed by atoms with Crippen molar-refractivity contribution in [1.82, 2.24) is 4.98 Å². The van der Waals surface area contributed by atoms with Crippen LogP contribution in [-0.4, -0.2) is 10.9 Å². The average molecular weight is 428 g/mol. The van der Waals surface area contributed by atoms with Crippen molar-refractivity contribution in [1.29, 1.82) is 0 Å². The second-order valence-electron chi connectivity index (χ2n) is 4.16. The number of benzene rings is 1. The molecule has 1 N–H and O–H groups in total. The van der Waals surface area contributed by atoms with Crippen LogP contribution in [0.1, 0.15) is 16.1 Å². The highest BCUT2D eigenvalue weighted by Crippen LogP contribution is 2.24. The molecule has 0 spiro atoms. The maximum absolute atomic E-state index is 13.5. The first-order chi connectivity index (χ1) is 10.2. The van der Waals surface area contributed by atoms with Crippen LogP contribution in [0, 0.1) is 39.6 Å². The Morgan fingerprint density at radius 1 is 1.00 bits per heavy atom. The van der Waals surface area contributed by atoms with Gasteiger partial charge in [0.1, 0.15) is 11.4 Å². The topological polar surface area (TPSA) is 42.0 Å². The number of carbonyl (C=O) groups excluding carboxylic acids is 1. The SMILES string of the molecule is Cc1nc(NC(=O)c2c(F)c(F)c(F)c(F)c2F)ccc1I. The van der Waals surface area contributed by atoms with Crippen LogP contribution in [-0.2, 0) is 0 Å². The summed E-state index contributed by atoms with van der Waals surface area (Å²) in [4.78, 5) is 15.7. The van der Waals surface area contributed by atoms with Gasteiger partial charge in [0.2, 0.25) is 5.82 Å². The number of amides is 1. The van der Waals surface area contributed by atoms with Crippen molar-refractivity contribution >= 4 is 34.3 Å². The number of nitrogens with zero attached hydrogens (tertiary/aromatic N) is 1. The molecular weight excluding hydrogens is 422 g/mol. The number of hydrogen-bond donors (Lipinski definition) is 1. The zero-order chi connectivity index (χ0) is 16.6. The second-order valence-corrected chi connectivity index (χ2v) is 5.32. The molecule has 0 aliphatic carbocycles. The molecule has 0 aliphatic rings. The number of carbonyl (C=O) groups is 1. The predicted molar refractivity (Wildman–Crippen MR) is 75.9 cm³/mol. The van der Waals surface area contributed by atoms with E-state index in [4.69, 9.17) is 0 Å². The first kappa shape index (κ1) is 16.6. The largest absolute Gasteiger partial charge is 0.306 e. The highest BCUT2D eigenvalue weighted by Gasteiger charge is 2.29. The van der Waals surface area contributed by atoms with Crippen molar-refractivity contribution in [2.75, 3.05) is 5.32 Å². The van der Waals surface area contributed by atoms with Crippen LogP contribution >= 0.6 is 22.6 Å². The Kier molecular flexibility index (Phi) is 4.63.